The lowest BCUT2D eigenvalue weighted by Crippen LogP contribution is -2.04. The number of phenols is 1. The van der Waals surface area contributed by atoms with Gasteiger partial charge in [0.1, 0.15) is 11.4 Å². The molecular formula is C25H20N2O3. The molecule has 0 amide bonds. The van der Waals surface area contributed by atoms with E-state index >= 15 is 0 Å². The van der Waals surface area contributed by atoms with Crippen molar-refractivity contribution < 1.29 is 14.6 Å². The molecule has 148 valence electrons. The van der Waals surface area contributed by atoms with E-state index in [0.717, 1.165) is 22.1 Å². The lowest BCUT2D eigenvalue weighted by atomic mass is 9.97. The Hall–Kier alpha value is -3.99. The van der Waals surface area contributed by atoms with Gasteiger partial charge in [-0.3, -0.25) is 4.79 Å². The Balaban J connectivity index is 1.73. The highest BCUT2D eigenvalue weighted by Gasteiger charge is 2.18. The molecule has 0 atom stereocenters. The minimum atomic E-state index is -0.195. The molecule has 0 aliphatic carbocycles. The number of hydrogen-bond acceptors (Lipinski definition) is 5. The fourth-order valence-electron chi connectivity index (χ4n) is 3.26. The summed E-state index contributed by atoms with van der Waals surface area (Å²) in [4.78, 5) is 13.0. The second kappa shape index (κ2) is 8.57. The molecule has 0 bridgehead atoms. The van der Waals surface area contributed by atoms with Gasteiger partial charge in [-0.15, -0.1) is 5.11 Å². The van der Waals surface area contributed by atoms with E-state index in [4.69, 9.17) is 4.74 Å². The summed E-state index contributed by atoms with van der Waals surface area (Å²) < 4.78 is 5.16. The minimum absolute atomic E-state index is 0.158. The summed E-state index contributed by atoms with van der Waals surface area (Å²) in [5, 5.41) is 21.0. The van der Waals surface area contributed by atoms with E-state index in [1.807, 2.05) is 78.9 Å². The maximum Gasteiger partial charge on any atom is 0.171 e. The van der Waals surface area contributed by atoms with Crippen molar-refractivity contribution in [1.82, 2.24) is 0 Å². The van der Waals surface area contributed by atoms with Crippen molar-refractivity contribution in [2.75, 3.05) is 7.11 Å². The molecule has 4 aromatic carbocycles. The van der Waals surface area contributed by atoms with Gasteiger partial charge < -0.3 is 9.84 Å². The second-order valence-electron chi connectivity index (χ2n) is 6.83. The zero-order chi connectivity index (χ0) is 20.9. The van der Waals surface area contributed by atoms with Gasteiger partial charge in [-0.2, -0.15) is 5.11 Å². The van der Waals surface area contributed by atoms with Gasteiger partial charge in [0.25, 0.3) is 0 Å². The van der Waals surface area contributed by atoms with Gasteiger partial charge in [-0.05, 0) is 41.3 Å². The number of ketones is 1. The monoisotopic (exact) mass is 396 g/mol. The third-order valence-corrected chi connectivity index (χ3v) is 4.84. The van der Waals surface area contributed by atoms with Crippen molar-refractivity contribution in [3.8, 4) is 11.5 Å². The number of benzene rings is 4. The highest BCUT2D eigenvalue weighted by Crippen LogP contribution is 2.39. The maximum absolute atomic E-state index is 13.0. The molecule has 0 aliphatic heterocycles. The second-order valence-corrected chi connectivity index (χ2v) is 6.83. The number of ether oxygens (including phenoxy) is 1. The third kappa shape index (κ3) is 4.05. The lowest BCUT2D eigenvalue weighted by Gasteiger charge is -2.10. The summed E-state index contributed by atoms with van der Waals surface area (Å²) in [6.07, 6.45) is 0.158. The molecule has 0 fully saturated rings. The SMILES string of the molecule is COc1ccc(CC(=O)c2cc3ccccc3c(N=Nc3ccccc3)c2O)cc1. The standard InChI is InChI=1S/C25H20N2O3/c1-30-20-13-11-17(12-14-20)15-23(28)22-16-18-7-5-6-10-21(18)24(25(22)29)27-26-19-8-3-2-4-9-19/h2-14,16,29H,15H2,1H3. The molecule has 0 radical (unpaired) electrons. The summed E-state index contributed by atoms with van der Waals surface area (Å²) in [6, 6.07) is 25.7. The van der Waals surface area contributed by atoms with Crippen molar-refractivity contribution in [2.24, 2.45) is 10.2 Å². The molecule has 30 heavy (non-hydrogen) atoms. The van der Waals surface area contributed by atoms with E-state index in [-0.39, 0.29) is 29.2 Å². The van der Waals surface area contributed by atoms with Gasteiger partial charge in [0.15, 0.2) is 11.5 Å². The van der Waals surface area contributed by atoms with Crippen LogP contribution in [0.15, 0.2) is 95.2 Å². The van der Waals surface area contributed by atoms with Gasteiger partial charge in [-0.25, -0.2) is 0 Å². The number of aromatic hydroxyl groups is 1. The molecule has 0 aromatic heterocycles. The first-order chi connectivity index (χ1) is 14.7. The topological polar surface area (TPSA) is 71.2 Å². The van der Waals surface area contributed by atoms with E-state index in [2.05, 4.69) is 10.2 Å². The van der Waals surface area contributed by atoms with Crippen LogP contribution < -0.4 is 4.74 Å². The fraction of sp³-hybridized carbons (Fsp3) is 0.0800. The van der Waals surface area contributed by atoms with Crippen molar-refractivity contribution in [1.29, 1.82) is 0 Å². The minimum Gasteiger partial charge on any atom is -0.505 e. The summed E-state index contributed by atoms with van der Waals surface area (Å²) in [5.74, 6) is 0.370. The molecular weight excluding hydrogens is 376 g/mol. The van der Waals surface area contributed by atoms with Crippen LogP contribution in [0.3, 0.4) is 0 Å². The molecule has 5 nitrogen and oxygen atoms in total. The van der Waals surface area contributed by atoms with Crippen LogP contribution in [-0.2, 0) is 6.42 Å². The van der Waals surface area contributed by atoms with Crippen LogP contribution in [0.5, 0.6) is 11.5 Å². The lowest BCUT2D eigenvalue weighted by molar-refractivity contribution is 0.0990. The van der Waals surface area contributed by atoms with Crippen LogP contribution in [0.2, 0.25) is 0 Å². The number of nitrogens with zero attached hydrogens (tertiary/aromatic N) is 2. The number of rotatable bonds is 6. The summed E-state index contributed by atoms with van der Waals surface area (Å²) in [7, 11) is 1.60. The zero-order valence-corrected chi connectivity index (χ0v) is 16.4. The Labute approximate surface area is 174 Å². The predicted molar refractivity (Wildman–Crippen MR) is 117 cm³/mol. The highest BCUT2D eigenvalue weighted by molar-refractivity contribution is 6.08. The first-order valence-electron chi connectivity index (χ1n) is 9.53. The molecule has 0 aliphatic rings. The van der Waals surface area contributed by atoms with E-state index in [1.165, 1.54) is 0 Å². The smallest absolute Gasteiger partial charge is 0.171 e. The molecule has 4 rings (SSSR count). The number of carbonyl (C=O) groups excluding carboxylic acids is 1. The number of hydrogen-bond donors (Lipinski definition) is 1. The Morgan fingerprint density at radius 1 is 0.900 bits per heavy atom. The van der Waals surface area contributed by atoms with E-state index in [1.54, 1.807) is 13.2 Å². The van der Waals surface area contributed by atoms with Crippen LogP contribution in [0, 0.1) is 0 Å². The molecule has 1 N–H and O–H groups in total. The van der Waals surface area contributed by atoms with Gasteiger partial charge in [0.2, 0.25) is 0 Å². The predicted octanol–water partition coefficient (Wildman–Crippen LogP) is 6.39. The molecule has 0 saturated carbocycles. The van der Waals surface area contributed by atoms with Crippen molar-refractivity contribution >= 4 is 27.9 Å². The summed E-state index contributed by atoms with van der Waals surface area (Å²) in [6.45, 7) is 0. The van der Waals surface area contributed by atoms with E-state index in [0.29, 0.717) is 5.69 Å². The quantitative estimate of drug-likeness (QED) is 0.303. The average molecular weight is 396 g/mol. The van der Waals surface area contributed by atoms with Gasteiger partial charge in [0, 0.05) is 11.8 Å². The van der Waals surface area contributed by atoms with Gasteiger partial charge in [-0.1, -0.05) is 54.6 Å². The Morgan fingerprint density at radius 3 is 2.33 bits per heavy atom. The highest BCUT2D eigenvalue weighted by atomic mass is 16.5. The number of Topliss-reactive ketones (excluding diaryl/α,β-unsaturated/α-hetero) is 1. The van der Waals surface area contributed by atoms with Crippen molar-refractivity contribution in [3.05, 3.63) is 96.1 Å². The fourth-order valence-corrected chi connectivity index (χ4v) is 3.26. The Bertz CT molecular complexity index is 1220. The van der Waals surface area contributed by atoms with Crippen LogP contribution in [-0.4, -0.2) is 18.0 Å². The molecule has 0 spiro atoms. The van der Waals surface area contributed by atoms with Crippen molar-refractivity contribution in [2.45, 2.75) is 6.42 Å². The van der Waals surface area contributed by atoms with Gasteiger partial charge >= 0.3 is 0 Å². The Morgan fingerprint density at radius 2 is 1.60 bits per heavy atom. The number of fused-ring (bicyclic) bond motifs is 1. The molecule has 0 unspecified atom stereocenters. The first kappa shape index (κ1) is 19.3. The molecule has 0 heterocycles. The number of methoxy groups -OCH3 is 1. The first-order valence-corrected chi connectivity index (χ1v) is 9.53. The van der Waals surface area contributed by atoms with E-state index < -0.39 is 0 Å². The van der Waals surface area contributed by atoms with Crippen LogP contribution in [0.1, 0.15) is 15.9 Å². The summed E-state index contributed by atoms with van der Waals surface area (Å²) >= 11 is 0. The van der Waals surface area contributed by atoms with E-state index in [9.17, 15) is 9.90 Å². The van der Waals surface area contributed by atoms with Crippen LogP contribution >= 0.6 is 0 Å². The van der Waals surface area contributed by atoms with Crippen LogP contribution in [0.4, 0.5) is 11.4 Å². The normalized spacial score (nSPS) is 11.1. The number of carbonyl (C=O) groups is 1. The largest absolute Gasteiger partial charge is 0.505 e. The third-order valence-electron chi connectivity index (χ3n) is 4.84. The van der Waals surface area contributed by atoms with Gasteiger partial charge in [0.05, 0.1) is 18.4 Å². The molecule has 5 heteroatoms. The van der Waals surface area contributed by atoms with Crippen LogP contribution in [0.25, 0.3) is 10.8 Å². The Kier molecular flexibility index (Phi) is 5.52. The zero-order valence-electron chi connectivity index (χ0n) is 16.4. The average Bonchev–Trinajstić information content (AvgIpc) is 2.79. The van der Waals surface area contributed by atoms with Crippen molar-refractivity contribution in [3.63, 3.8) is 0 Å². The molecule has 4 aromatic rings. The number of azo groups is 1. The molecule has 0 saturated heterocycles. The summed E-state index contributed by atoms with van der Waals surface area (Å²) in [5.41, 5.74) is 2.01. The number of phenolic OH excluding ortho intramolecular Hbond substituents is 1. The maximum atomic E-state index is 13.0.